The van der Waals surface area contributed by atoms with E-state index in [0.29, 0.717) is 48.4 Å². The van der Waals surface area contributed by atoms with Gasteiger partial charge in [-0.25, -0.2) is 14.1 Å². The van der Waals surface area contributed by atoms with Crippen LogP contribution < -0.4 is 21.0 Å². The molecule has 2 amide bonds. The predicted octanol–water partition coefficient (Wildman–Crippen LogP) is 1.73. The van der Waals surface area contributed by atoms with Gasteiger partial charge in [0.25, 0.3) is 11.5 Å². The van der Waals surface area contributed by atoms with Crippen molar-refractivity contribution >= 4 is 46.2 Å². The first-order chi connectivity index (χ1) is 19.7. The second kappa shape index (κ2) is 10.3. The molecule has 0 aliphatic carbocycles. The van der Waals surface area contributed by atoms with E-state index in [9.17, 15) is 23.6 Å². The average molecular weight is 580 g/mol. The van der Waals surface area contributed by atoms with Gasteiger partial charge in [0.2, 0.25) is 11.9 Å². The smallest absolute Gasteiger partial charge is 0.332 e. The molecule has 212 valence electrons. The van der Waals surface area contributed by atoms with Crippen LogP contribution in [0.5, 0.6) is 0 Å². The standard InChI is InChI=1S/C28H27ClFN7O4/c1-32-24-23(26(40)33(2)28(32)41)36(16-17-6-3-4-9-20(17)30)27(31-24)35-12-10-34(11-13-35)21-15-22(38)37(25(21)39)19-8-5-7-18(29)14-19/h3-9,14,21H,10-13,15-16H2,1-2H3. The molecule has 0 radical (unpaired) electrons. The molecule has 1 atom stereocenters. The summed E-state index contributed by atoms with van der Waals surface area (Å²) in [4.78, 5) is 61.8. The Morgan fingerprint density at radius 1 is 0.951 bits per heavy atom. The monoisotopic (exact) mass is 579 g/mol. The van der Waals surface area contributed by atoms with Gasteiger partial charge >= 0.3 is 5.69 Å². The molecular formula is C28H27ClFN7O4. The number of imide groups is 1. The number of nitrogens with zero attached hydrogens (tertiary/aromatic N) is 7. The fourth-order valence-corrected chi connectivity index (χ4v) is 5.83. The first kappa shape index (κ1) is 26.9. The number of aromatic nitrogens is 4. The first-order valence-corrected chi connectivity index (χ1v) is 13.5. The third kappa shape index (κ3) is 4.52. The molecule has 4 heterocycles. The molecule has 6 rings (SSSR count). The van der Waals surface area contributed by atoms with Gasteiger partial charge in [-0.05, 0) is 24.3 Å². The van der Waals surface area contributed by atoms with Crippen molar-refractivity contribution in [3.05, 3.63) is 85.8 Å². The van der Waals surface area contributed by atoms with Gasteiger partial charge < -0.3 is 4.90 Å². The molecule has 1 unspecified atom stereocenters. The number of piperazine rings is 1. The van der Waals surface area contributed by atoms with Crippen molar-refractivity contribution < 1.29 is 14.0 Å². The summed E-state index contributed by atoms with van der Waals surface area (Å²) in [6, 6.07) is 12.4. The minimum Gasteiger partial charge on any atom is -0.340 e. The lowest BCUT2D eigenvalue weighted by molar-refractivity contribution is -0.123. The van der Waals surface area contributed by atoms with Crippen molar-refractivity contribution in [2.45, 2.75) is 19.0 Å². The maximum atomic E-state index is 14.7. The van der Waals surface area contributed by atoms with Crippen LogP contribution in [0.4, 0.5) is 16.0 Å². The number of carbonyl (C=O) groups excluding carboxylic acids is 2. The number of anilines is 2. The molecule has 11 nitrogen and oxygen atoms in total. The Bertz CT molecular complexity index is 1820. The molecule has 0 saturated carbocycles. The Labute approximate surface area is 238 Å². The third-order valence-corrected chi connectivity index (χ3v) is 8.08. The van der Waals surface area contributed by atoms with Gasteiger partial charge in [-0.2, -0.15) is 4.98 Å². The zero-order valence-electron chi connectivity index (χ0n) is 22.5. The molecule has 2 aromatic carbocycles. The lowest BCUT2D eigenvalue weighted by Gasteiger charge is -2.37. The van der Waals surface area contributed by atoms with Gasteiger partial charge in [0.05, 0.1) is 24.7 Å². The van der Waals surface area contributed by atoms with E-state index in [1.165, 1.54) is 22.6 Å². The zero-order valence-corrected chi connectivity index (χ0v) is 23.2. The van der Waals surface area contributed by atoms with E-state index in [1.807, 2.05) is 9.80 Å². The summed E-state index contributed by atoms with van der Waals surface area (Å²) in [5, 5.41) is 0.436. The molecule has 41 heavy (non-hydrogen) atoms. The Kier molecular flexibility index (Phi) is 6.74. The number of hydrogen-bond donors (Lipinski definition) is 0. The quantitative estimate of drug-likeness (QED) is 0.332. The van der Waals surface area contributed by atoms with Gasteiger partial charge in [-0.3, -0.25) is 33.0 Å². The van der Waals surface area contributed by atoms with Crippen molar-refractivity contribution in [1.82, 2.24) is 23.6 Å². The Balaban J connectivity index is 1.30. The highest BCUT2D eigenvalue weighted by atomic mass is 35.5. The molecule has 4 aromatic rings. The number of fused-ring (bicyclic) bond motifs is 1. The number of imidazole rings is 1. The summed E-state index contributed by atoms with van der Waals surface area (Å²) >= 11 is 6.08. The zero-order chi connectivity index (χ0) is 29.0. The highest BCUT2D eigenvalue weighted by molar-refractivity contribution is 6.31. The molecule has 2 aliphatic heterocycles. The summed E-state index contributed by atoms with van der Waals surface area (Å²) in [6.45, 7) is 1.81. The van der Waals surface area contributed by atoms with Gasteiger partial charge in [-0.1, -0.05) is 35.9 Å². The number of rotatable bonds is 5. The van der Waals surface area contributed by atoms with Crippen LogP contribution in [-0.2, 0) is 30.2 Å². The molecule has 2 fully saturated rings. The van der Waals surface area contributed by atoms with Crippen molar-refractivity contribution in [3.8, 4) is 0 Å². The molecule has 2 aliphatic rings. The Hall–Kier alpha value is -4.29. The lowest BCUT2D eigenvalue weighted by Crippen LogP contribution is -2.53. The van der Waals surface area contributed by atoms with Crippen molar-refractivity contribution in [2.75, 3.05) is 36.0 Å². The predicted molar refractivity (Wildman–Crippen MR) is 152 cm³/mol. The number of halogens is 2. The largest absolute Gasteiger partial charge is 0.340 e. The van der Waals surface area contributed by atoms with E-state index in [4.69, 9.17) is 11.6 Å². The van der Waals surface area contributed by atoms with Gasteiger partial charge in [0.1, 0.15) is 5.82 Å². The van der Waals surface area contributed by atoms with E-state index in [-0.39, 0.29) is 35.9 Å². The van der Waals surface area contributed by atoms with E-state index in [0.717, 1.165) is 4.57 Å². The van der Waals surface area contributed by atoms with E-state index in [1.54, 1.807) is 54.1 Å². The lowest BCUT2D eigenvalue weighted by atomic mass is 10.1. The highest BCUT2D eigenvalue weighted by Gasteiger charge is 2.43. The fourth-order valence-electron chi connectivity index (χ4n) is 5.64. The van der Waals surface area contributed by atoms with Gasteiger partial charge in [0, 0.05) is 50.9 Å². The van der Waals surface area contributed by atoms with Crippen LogP contribution in [-0.4, -0.2) is 67.6 Å². The molecule has 2 aromatic heterocycles. The highest BCUT2D eigenvalue weighted by Crippen LogP contribution is 2.29. The molecule has 2 saturated heterocycles. The van der Waals surface area contributed by atoms with Crippen LogP contribution in [0.15, 0.2) is 58.1 Å². The summed E-state index contributed by atoms with van der Waals surface area (Å²) < 4.78 is 18.7. The van der Waals surface area contributed by atoms with E-state index < -0.39 is 23.1 Å². The second-order valence-electron chi connectivity index (χ2n) is 10.3. The van der Waals surface area contributed by atoms with Crippen molar-refractivity contribution in [1.29, 1.82) is 0 Å². The van der Waals surface area contributed by atoms with E-state index in [2.05, 4.69) is 4.98 Å². The Morgan fingerprint density at radius 3 is 2.39 bits per heavy atom. The van der Waals surface area contributed by atoms with Gasteiger partial charge in [-0.15, -0.1) is 0 Å². The number of hydrogen-bond acceptors (Lipinski definition) is 7. The van der Waals surface area contributed by atoms with Crippen molar-refractivity contribution in [3.63, 3.8) is 0 Å². The van der Waals surface area contributed by atoms with Crippen LogP contribution in [0.25, 0.3) is 11.2 Å². The summed E-state index contributed by atoms with van der Waals surface area (Å²) in [7, 11) is 2.94. The Morgan fingerprint density at radius 2 is 1.68 bits per heavy atom. The van der Waals surface area contributed by atoms with Crippen LogP contribution >= 0.6 is 11.6 Å². The molecule has 0 spiro atoms. The molecule has 0 N–H and O–H groups in total. The van der Waals surface area contributed by atoms with Crippen molar-refractivity contribution in [2.24, 2.45) is 14.1 Å². The normalized spacial score (nSPS) is 18.2. The minimum atomic E-state index is -0.603. The summed E-state index contributed by atoms with van der Waals surface area (Å²) in [5.41, 5.74) is 0.196. The maximum absolute atomic E-state index is 14.7. The topological polar surface area (TPSA) is 106 Å². The molecule has 13 heteroatoms. The number of carbonyl (C=O) groups is 2. The van der Waals surface area contributed by atoms with E-state index >= 15 is 0 Å². The SMILES string of the molecule is Cn1c(=O)c2c(nc(N3CCN(C4CC(=O)N(c5cccc(Cl)c5)C4=O)CC3)n2Cc2ccccc2F)n(C)c1=O. The number of amides is 2. The van der Waals surface area contributed by atoms with Gasteiger partial charge in [0.15, 0.2) is 11.2 Å². The maximum Gasteiger partial charge on any atom is 0.332 e. The number of benzene rings is 2. The van der Waals surface area contributed by atoms with Crippen LogP contribution in [0.3, 0.4) is 0 Å². The molecular weight excluding hydrogens is 553 g/mol. The summed E-state index contributed by atoms with van der Waals surface area (Å²) in [6.07, 6.45) is 0.0648. The average Bonchev–Trinajstić information content (AvgIpc) is 3.48. The molecule has 0 bridgehead atoms. The third-order valence-electron chi connectivity index (χ3n) is 7.84. The second-order valence-corrected chi connectivity index (χ2v) is 10.7. The number of aryl methyl sites for hydroxylation is 1. The summed E-state index contributed by atoms with van der Waals surface area (Å²) in [5.74, 6) is -0.569. The van der Waals surface area contributed by atoms with Crippen LogP contribution in [0.2, 0.25) is 5.02 Å². The minimum absolute atomic E-state index is 0.0381. The first-order valence-electron chi connectivity index (χ1n) is 13.2. The fraction of sp³-hybridized carbons (Fsp3) is 0.321. The van der Waals surface area contributed by atoms with Crippen LogP contribution in [0.1, 0.15) is 12.0 Å². The van der Waals surface area contributed by atoms with Crippen LogP contribution in [0, 0.1) is 5.82 Å².